The summed E-state index contributed by atoms with van der Waals surface area (Å²) in [5, 5.41) is 6.65. The number of piperidine rings is 1. The molecule has 2 aliphatic heterocycles. The lowest BCUT2D eigenvalue weighted by atomic mass is 9.73. The Bertz CT molecular complexity index is 540. The number of amides is 1. The lowest BCUT2D eigenvalue weighted by Gasteiger charge is -2.39. The summed E-state index contributed by atoms with van der Waals surface area (Å²) in [6.07, 6.45) is 3.34. The van der Waals surface area contributed by atoms with Crippen molar-refractivity contribution in [3.63, 3.8) is 0 Å². The summed E-state index contributed by atoms with van der Waals surface area (Å²) >= 11 is 0. The summed E-state index contributed by atoms with van der Waals surface area (Å²) in [6.45, 7) is 4.23. The van der Waals surface area contributed by atoms with E-state index in [2.05, 4.69) is 17.6 Å². The Morgan fingerprint density at radius 1 is 1.30 bits per heavy atom. The van der Waals surface area contributed by atoms with Crippen molar-refractivity contribution >= 4 is 5.91 Å². The first-order valence-corrected chi connectivity index (χ1v) is 8.50. The SMILES string of the molecule is CC1NCCCC1NC(=O)C1(c2ccc(F)cc2)CCOCC1. The zero-order chi connectivity index (χ0) is 16.3. The van der Waals surface area contributed by atoms with Crippen LogP contribution in [0.25, 0.3) is 0 Å². The first-order chi connectivity index (χ1) is 11.1. The highest BCUT2D eigenvalue weighted by Gasteiger charge is 2.42. The molecule has 2 aliphatic rings. The zero-order valence-corrected chi connectivity index (χ0v) is 13.6. The van der Waals surface area contributed by atoms with Crippen molar-refractivity contribution < 1.29 is 13.9 Å². The molecular formula is C18H25FN2O2. The van der Waals surface area contributed by atoms with E-state index in [9.17, 15) is 9.18 Å². The van der Waals surface area contributed by atoms with E-state index in [1.54, 1.807) is 12.1 Å². The highest BCUT2D eigenvalue weighted by atomic mass is 19.1. The molecule has 126 valence electrons. The minimum atomic E-state index is -0.608. The van der Waals surface area contributed by atoms with Crippen molar-refractivity contribution in [1.82, 2.24) is 10.6 Å². The maximum absolute atomic E-state index is 13.3. The summed E-state index contributed by atoms with van der Waals surface area (Å²) < 4.78 is 18.7. The van der Waals surface area contributed by atoms with Crippen LogP contribution in [0.2, 0.25) is 0 Å². The highest BCUT2D eigenvalue weighted by molar-refractivity contribution is 5.88. The highest BCUT2D eigenvalue weighted by Crippen LogP contribution is 2.35. The number of hydrogen-bond acceptors (Lipinski definition) is 3. The van der Waals surface area contributed by atoms with Gasteiger partial charge in [0, 0.05) is 25.3 Å². The maximum atomic E-state index is 13.3. The summed E-state index contributed by atoms with van der Waals surface area (Å²) in [5.74, 6) is -0.227. The van der Waals surface area contributed by atoms with Crippen molar-refractivity contribution in [2.75, 3.05) is 19.8 Å². The number of halogens is 1. The molecular weight excluding hydrogens is 295 g/mol. The van der Waals surface area contributed by atoms with Crippen LogP contribution < -0.4 is 10.6 Å². The fourth-order valence-corrected chi connectivity index (χ4v) is 3.68. The molecule has 0 saturated carbocycles. The summed E-state index contributed by atoms with van der Waals surface area (Å²) in [4.78, 5) is 13.1. The smallest absolute Gasteiger partial charge is 0.231 e. The molecule has 2 heterocycles. The van der Waals surface area contributed by atoms with E-state index in [1.807, 2.05) is 0 Å². The van der Waals surface area contributed by atoms with E-state index < -0.39 is 5.41 Å². The Morgan fingerprint density at radius 3 is 2.65 bits per heavy atom. The van der Waals surface area contributed by atoms with Gasteiger partial charge in [-0.15, -0.1) is 0 Å². The Kier molecular flexibility index (Phi) is 4.97. The fraction of sp³-hybridized carbons (Fsp3) is 0.611. The molecule has 0 bridgehead atoms. The van der Waals surface area contributed by atoms with E-state index in [-0.39, 0.29) is 23.8 Å². The van der Waals surface area contributed by atoms with Gasteiger partial charge in [0.1, 0.15) is 5.82 Å². The third-order valence-electron chi connectivity index (χ3n) is 5.26. The van der Waals surface area contributed by atoms with Gasteiger partial charge in [-0.25, -0.2) is 4.39 Å². The number of rotatable bonds is 3. The lowest BCUT2D eigenvalue weighted by molar-refractivity contribution is -0.131. The molecule has 0 radical (unpaired) electrons. The quantitative estimate of drug-likeness (QED) is 0.897. The molecule has 3 rings (SSSR count). The predicted molar refractivity (Wildman–Crippen MR) is 86.8 cm³/mol. The number of carbonyl (C=O) groups is 1. The third-order valence-corrected chi connectivity index (χ3v) is 5.26. The minimum absolute atomic E-state index is 0.0490. The molecule has 1 aromatic rings. The second-order valence-corrected chi connectivity index (χ2v) is 6.67. The molecule has 0 aliphatic carbocycles. The van der Waals surface area contributed by atoms with Crippen molar-refractivity contribution in [2.45, 2.75) is 50.1 Å². The van der Waals surface area contributed by atoms with Crippen molar-refractivity contribution in [2.24, 2.45) is 0 Å². The third kappa shape index (κ3) is 3.40. The van der Waals surface area contributed by atoms with Crippen LogP contribution in [0, 0.1) is 5.82 Å². The molecule has 2 N–H and O–H groups in total. The Labute approximate surface area is 136 Å². The predicted octanol–water partition coefficient (Wildman–Crippen LogP) is 2.13. The van der Waals surface area contributed by atoms with Crippen LogP contribution in [-0.4, -0.2) is 37.7 Å². The summed E-state index contributed by atoms with van der Waals surface area (Å²) in [6, 6.07) is 6.77. The normalized spacial score (nSPS) is 27.4. The topological polar surface area (TPSA) is 50.4 Å². The molecule has 23 heavy (non-hydrogen) atoms. The van der Waals surface area contributed by atoms with Gasteiger partial charge in [0.15, 0.2) is 0 Å². The van der Waals surface area contributed by atoms with Gasteiger partial charge >= 0.3 is 0 Å². The van der Waals surface area contributed by atoms with Crippen LogP contribution in [-0.2, 0) is 14.9 Å². The van der Waals surface area contributed by atoms with E-state index in [4.69, 9.17) is 4.74 Å². The monoisotopic (exact) mass is 320 g/mol. The molecule has 2 fully saturated rings. The first-order valence-electron chi connectivity index (χ1n) is 8.50. The van der Waals surface area contributed by atoms with Gasteiger partial charge in [-0.2, -0.15) is 0 Å². The van der Waals surface area contributed by atoms with Gasteiger partial charge in [-0.05, 0) is 56.8 Å². The minimum Gasteiger partial charge on any atom is -0.381 e. The number of ether oxygens (including phenoxy) is 1. The average Bonchev–Trinajstić information content (AvgIpc) is 2.58. The van der Waals surface area contributed by atoms with Gasteiger partial charge in [0.25, 0.3) is 0 Å². The number of hydrogen-bond donors (Lipinski definition) is 2. The second-order valence-electron chi connectivity index (χ2n) is 6.67. The molecule has 1 amide bonds. The Morgan fingerprint density at radius 2 is 2.00 bits per heavy atom. The van der Waals surface area contributed by atoms with Crippen LogP contribution in [0.1, 0.15) is 38.2 Å². The maximum Gasteiger partial charge on any atom is 0.231 e. The fourth-order valence-electron chi connectivity index (χ4n) is 3.68. The average molecular weight is 320 g/mol. The molecule has 5 heteroatoms. The van der Waals surface area contributed by atoms with Gasteiger partial charge < -0.3 is 15.4 Å². The van der Waals surface area contributed by atoms with Crippen molar-refractivity contribution in [1.29, 1.82) is 0 Å². The number of benzene rings is 1. The number of carbonyl (C=O) groups excluding carboxylic acids is 1. The molecule has 2 unspecified atom stereocenters. The summed E-state index contributed by atoms with van der Waals surface area (Å²) in [5.41, 5.74) is 0.277. The summed E-state index contributed by atoms with van der Waals surface area (Å²) in [7, 11) is 0. The second kappa shape index (κ2) is 6.97. The van der Waals surface area contributed by atoms with Crippen molar-refractivity contribution in [3.8, 4) is 0 Å². The van der Waals surface area contributed by atoms with E-state index in [0.717, 1.165) is 24.9 Å². The van der Waals surface area contributed by atoms with Crippen LogP contribution in [0.15, 0.2) is 24.3 Å². The van der Waals surface area contributed by atoms with Crippen LogP contribution in [0.5, 0.6) is 0 Å². The van der Waals surface area contributed by atoms with Gasteiger partial charge in [0.2, 0.25) is 5.91 Å². The Hall–Kier alpha value is -1.46. The van der Waals surface area contributed by atoms with Crippen LogP contribution in [0.3, 0.4) is 0 Å². The molecule has 2 atom stereocenters. The molecule has 0 aromatic heterocycles. The largest absolute Gasteiger partial charge is 0.381 e. The van der Waals surface area contributed by atoms with Crippen LogP contribution >= 0.6 is 0 Å². The van der Waals surface area contributed by atoms with Gasteiger partial charge in [-0.1, -0.05) is 12.1 Å². The molecule has 2 saturated heterocycles. The number of nitrogens with one attached hydrogen (secondary N) is 2. The van der Waals surface area contributed by atoms with Crippen molar-refractivity contribution in [3.05, 3.63) is 35.6 Å². The standard InChI is InChI=1S/C18H25FN2O2/c1-13-16(3-2-10-20-13)21-17(22)18(8-11-23-12-9-18)14-4-6-15(19)7-5-14/h4-7,13,16,20H,2-3,8-12H2,1H3,(H,21,22). The van der Waals surface area contributed by atoms with Crippen LogP contribution in [0.4, 0.5) is 4.39 Å². The van der Waals surface area contributed by atoms with E-state index >= 15 is 0 Å². The molecule has 0 spiro atoms. The van der Waals surface area contributed by atoms with E-state index in [1.165, 1.54) is 12.1 Å². The Balaban J connectivity index is 1.83. The van der Waals surface area contributed by atoms with Gasteiger partial charge in [-0.3, -0.25) is 4.79 Å². The van der Waals surface area contributed by atoms with Gasteiger partial charge in [0.05, 0.1) is 5.41 Å². The van der Waals surface area contributed by atoms with E-state index in [0.29, 0.717) is 26.1 Å². The lowest BCUT2D eigenvalue weighted by Crippen LogP contribution is -2.57. The molecule has 1 aromatic carbocycles. The molecule has 4 nitrogen and oxygen atoms in total. The zero-order valence-electron chi connectivity index (χ0n) is 13.6. The first kappa shape index (κ1) is 16.4.